The second-order valence-electron chi connectivity index (χ2n) is 4.92. The van der Waals surface area contributed by atoms with Gasteiger partial charge in [-0.2, -0.15) is 5.10 Å². The Labute approximate surface area is 114 Å². The smallest absolute Gasteiger partial charge is 0.276 e. The van der Waals surface area contributed by atoms with Crippen LogP contribution < -0.4 is 5.73 Å². The molecule has 0 unspecified atom stereocenters. The summed E-state index contributed by atoms with van der Waals surface area (Å²) < 4.78 is 1.70. The van der Waals surface area contributed by atoms with Crippen LogP contribution in [0, 0.1) is 0 Å². The highest BCUT2D eigenvalue weighted by Crippen LogP contribution is 2.14. The molecule has 2 rings (SSSR count). The number of hydrogen-bond donors (Lipinski definition) is 1. The molecule has 0 bridgehead atoms. The molecule has 0 spiro atoms. The molecule has 6 nitrogen and oxygen atoms in total. The van der Waals surface area contributed by atoms with Crippen LogP contribution >= 0.6 is 0 Å². The fraction of sp³-hybridized carbons (Fsp3) is 0.692. The number of nitrogens with two attached hydrogens (primary N) is 1. The molecule has 1 aromatic rings. The van der Waals surface area contributed by atoms with Crippen LogP contribution in [0.2, 0.25) is 0 Å². The second kappa shape index (κ2) is 6.06. The summed E-state index contributed by atoms with van der Waals surface area (Å²) in [4.78, 5) is 16.6. The van der Waals surface area contributed by atoms with E-state index in [1.54, 1.807) is 10.9 Å². The fourth-order valence-corrected chi connectivity index (χ4v) is 2.41. The topological polar surface area (TPSA) is 67.4 Å². The Balaban J connectivity index is 1.99. The molecule has 106 valence electrons. The summed E-state index contributed by atoms with van der Waals surface area (Å²) in [6.07, 6.45) is 2.88. The molecule has 0 atom stereocenters. The molecule has 1 amide bonds. The Kier molecular flexibility index (Phi) is 4.42. The zero-order chi connectivity index (χ0) is 13.8. The minimum atomic E-state index is -0.0409. The van der Waals surface area contributed by atoms with Gasteiger partial charge in [0.1, 0.15) is 0 Å². The molecular weight excluding hydrogens is 242 g/mol. The summed E-state index contributed by atoms with van der Waals surface area (Å²) in [5.41, 5.74) is 6.73. The number of hydrogen-bond acceptors (Lipinski definition) is 4. The van der Waals surface area contributed by atoms with Crippen molar-refractivity contribution in [3.8, 4) is 0 Å². The van der Waals surface area contributed by atoms with Crippen molar-refractivity contribution in [1.82, 2.24) is 19.6 Å². The van der Waals surface area contributed by atoms with Crippen molar-refractivity contribution in [2.75, 3.05) is 38.5 Å². The van der Waals surface area contributed by atoms with Crippen LogP contribution in [0.1, 0.15) is 30.8 Å². The maximum Gasteiger partial charge on any atom is 0.276 e. The van der Waals surface area contributed by atoms with E-state index >= 15 is 0 Å². The normalized spacial score (nSPS) is 16.8. The molecule has 1 aromatic heterocycles. The van der Waals surface area contributed by atoms with Crippen molar-refractivity contribution in [1.29, 1.82) is 0 Å². The molecule has 1 saturated heterocycles. The predicted octanol–water partition coefficient (Wildman–Crippen LogP) is 0.653. The summed E-state index contributed by atoms with van der Waals surface area (Å²) >= 11 is 0. The number of amides is 1. The maximum absolute atomic E-state index is 12.4. The van der Waals surface area contributed by atoms with E-state index < -0.39 is 0 Å². The SMILES string of the molecule is CCCN1CCN(C(=O)c2nn(CC)cc2N)CC1. The predicted molar refractivity (Wildman–Crippen MR) is 74.9 cm³/mol. The van der Waals surface area contributed by atoms with Gasteiger partial charge in [-0.1, -0.05) is 6.92 Å². The molecule has 6 heteroatoms. The monoisotopic (exact) mass is 265 g/mol. The van der Waals surface area contributed by atoms with Gasteiger partial charge in [-0.15, -0.1) is 0 Å². The number of rotatable bonds is 4. The van der Waals surface area contributed by atoms with Crippen molar-refractivity contribution >= 4 is 11.6 Å². The van der Waals surface area contributed by atoms with Crippen LogP contribution in [0.15, 0.2) is 6.20 Å². The lowest BCUT2D eigenvalue weighted by atomic mass is 10.2. The van der Waals surface area contributed by atoms with Crippen LogP contribution in [-0.4, -0.2) is 58.2 Å². The van der Waals surface area contributed by atoms with E-state index in [0.717, 1.165) is 45.7 Å². The van der Waals surface area contributed by atoms with Crippen molar-refractivity contribution < 1.29 is 4.79 Å². The zero-order valence-electron chi connectivity index (χ0n) is 11.8. The Hall–Kier alpha value is -1.56. The van der Waals surface area contributed by atoms with Gasteiger partial charge in [0.15, 0.2) is 5.69 Å². The summed E-state index contributed by atoms with van der Waals surface area (Å²) in [5.74, 6) is -0.0409. The van der Waals surface area contributed by atoms with Gasteiger partial charge in [-0.3, -0.25) is 14.4 Å². The average molecular weight is 265 g/mol. The van der Waals surface area contributed by atoms with Crippen LogP contribution in [-0.2, 0) is 6.54 Å². The summed E-state index contributed by atoms with van der Waals surface area (Å²) in [7, 11) is 0. The number of carbonyl (C=O) groups excluding carboxylic acids is 1. The third-order valence-corrected chi connectivity index (χ3v) is 3.52. The second-order valence-corrected chi connectivity index (χ2v) is 4.92. The maximum atomic E-state index is 12.4. The number of nitrogens with zero attached hydrogens (tertiary/aromatic N) is 4. The Bertz CT molecular complexity index is 434. The molecule has 0 aliphatic carbocycles. The summed E-state index contributed by atoms with van der Waals surface area (Å²) in [5, 5.41) is 4.25. The number of aromatic nitrogens is 2. The number of aryl methyl sites for hydroxylation is 1. The fourth-order valence-electron chi connectivity index (χ4n) is 2.41. The molecule has 19 heavy (non-hydrogen) atoms. The molecule has 0 aromatic carbocycles. The first kappa shape index (κ1) is 13.9. The van der Waals surface area contributed by atoms with Crippen LogP contribution in [0.25, 0.3) is 0 Å². The van der Waals surface area contributed by atoms with Crippen molar-refractivity contribution in [2.45, 2.75) is 26.8 Å². The van der Waals surface area contributed by atoms with Gasteiger partial charge >= 0.3 is 0 Å². The first-order valence-electron chi connectivity index (χ1n) is 7.00. The quantitative estimate of drug-likeness (QED) is 0.868. The van der Waals surface area contributed by atoms with Crippen molar-refractivity contribution in [2.24, 2.45) is 0 Å². The van der Waals surface area contributed by atoms with Crippen LogP contribution in [0.3, 0.4) is 0 Å². The first-order valence-corrected chi connectivity index (χ1v) is 7.00. The van der Waals surface area contributed by atoms with Crippen molar-refractivity contribution in [3.63, 3.8) is 0 Å². The van der Waals surface area contributed by atoms with Gasteiger partial charge in [0, 0.05) is 38.9 Å². The molecular formula is C13H23N5O. The Morgan fingerprint density at radius 1 is 1.32 bits per heavy atom. The highest BCUT2D eigenvalue weighted by atomic mass is 16.2. The van der Waals surface area contributed by atoms with Gasteiger partial charge in [-0.25, -0.2) is 0 Å². The number of nitrogen functional groups attached to an aromatic ring is 1. The minimum Gasteiger partial charge on any atom is -0.396 e. The zero-order valence-corrected chi connectivity index (χ0v) is 11.8. The molecule has 0 saturated carbocycles. The van der Waals surface area contributed by atoms with E-state index in [1.807, 2.05) is 11.8 Å². The lowest BCUT2D eigenvalue weighted by Crippen LogP contribution is -2.49. The van der Waals surface area contributed by atoms with Crippen LogP contribution in [0.4, 0.5) is 5.69 Å². The van der Waals surface area contributed by atoms with E-state index in [1.165, 1.54) is 0 Å². The lowest BCUT2D eigenvalue weighted by molar-refractivity contribution is 0.0632. The average Bonchev–Trinajstić information content (AvgIpc) is 2.80. The number of piperazine rings is 1. The van der Waals surface area contributed by atoms with E-state index in [0.29, 0.717) is 11.4 Å². The molecule has 2 N–H and O–H groups in total. The van der Waals surface area contributed by atoms with E-state index in [-0.39, 0.29) is 5.91 Å². The largest absolute Gasteiger partial charge is 0.396 e. The van der Waals surface area contributed by atoms with E-state index in [9.17, 15) is 4.79 Å². The Morgan fingerprint density at radius 3 is 2.53 bits per heavy atom. The number of carbonyl (C=O) groups is 1. The van der Waals surface area contributed by atoms with E-state index in [4.69, 9.17) is 5.73 Å². The minimum absolute atomic E-state index is 0.0409. The summed E-state index contributed by atoms with van der Waals surface area (Å²) in [6, 6.07) is 0. The van der Waals surface area contributed by atoms with Gasteiger partial charge in [0.05, 0.1) is 5.69 Å². The third-order valence-electron chi connectivity index (χ3n) is 3.52. The molecule has 1 aliphatic heterocycles. The van der Waals surface area contributed by atoms with Gasteiger partial charge in [-0.05, 0) is 19.9 Å². The van der Waals surface area contributed by atoms with Gasteiger partial charge in [0.25, 0.3) is 5.91 Å². The standard InChI is InChI=1S/C13H23N5O/c1-3-5-16-6-8-17(9-7-16)13(19)12-11(14)10-18(4-2)15-12/h10H,3-9,14H2,1-2H3. The Morgan fingerprint density at radius 2 is 2.00 bits per heavy atom. The van der Waals surface area contributed by atoms with Gasteiger partial charge in [0.2, 0.25) is 0 Å². The van der Waals surface area contributed by atoms with Crippen LogP contribution in [0.5, 0.6) is 0 Å². The molecule has 1 aliphatic rings. The third kappa shape index (κ3) is 3.07. The molecule has 1 fully saturated rings. The van der Waals surface area contributed by atoms with Gasteiger partial charge < -0.3 is 10.6 Å². The van der Waals surface area contributed by atoms with E-state index in [2.05, 4.69) is 16.9 Å². The first-order chi connectivity index (χ1) is 9.15. The van der Waals surface area contributed by atoms with Crippen molar-refractivity contribution in [3.05, 3.63) is 11.9 Å². The lowest BCUT2D eigenvalue weighted by Gasteiger charge is -2.34. The number of anilines is 1. The molecule has 0 radical (unpaired) electrons. The highest BCUT2D eigenvalue weighted by Gasteiger charge is 2.25. The molecule has 2 heterocycles. The highest BCUT2D eigenvalue weighted by molar-refractivity contribution is 5.97. The summed E-state index contributed by atoms with van der Waals surface area (Å²) in [6.45, 7) is 9.38.